The van der Waals surface area contributed by atoms with Crippen LogP contribution >= 0.6 is 0 Å². The van der Waals surface area contributed by atoms with Gasteiger partial charge in [-0.1, -0.05) is 0 Å². The van der Waals surface area contributed by atoms with Crippen molar-refractivity contribution in [3.05, 3.63) is 67.5 Å². The van der Waals surface area contributed by atoms with Gasteiger partial charge in [0.1, 0.15) is 0 Å². The van der Waals surface area contributed by atoms with Crippen LogP contribution in [0.1, 0.15) is 22.3 Å². The van der Waals surface area contributed by atoms with Crippen molar-refractivity contribution < 1.29 is 0 Å². The highest BCUT2D eigenvalue weighted by Crippen LogP contribution is 1.94. The summed E-state index contributed by atoms with van der Waals surface area (Å²) in [6, 6.07) is 3.75. The average Bonchev–Trinajstić information content (AvgIpc) is 2.32. The van der Waals surface area contributed by atoms with Crippen molar-refractivity contribution in [2.24, 2.45) is 7.05 Å². The van der Waals surface area contributed by atoms with E-state index in [0.717, 1.165) is 22.3 Å². The van der Waals surface area contributed by atoms with Gasteiger partial charge >= 0.3 is 0 Å². The van der Waals surface area contributed by atoms with Crippen LogP contribution in [0.25, 0.3) is 0 Å². The van der Waals surface area contributed by atoms with Crippen molar-refractivity contribution in [1.29, 1.82) is 0 Å². The Hall–Kier alpha value is -2.10. The summed E-state index contributed by atoms with van der Waals surface area (Å²) in [4.78, 5) is 24.4. The Kier molecular flexibility index (Phi) is 4.87. The Balaban J connectivity index is 0.000000191. The summed E-state index contributed by atoms with van der Waals surface area (Å²) in [5, 5.41) is 0. The SMILES string of the molecule is Cc1c[nH]c(=O)c(C)c1.Cc1cc(C)c(=O)n(C)c1. The minimum absolute atomic E-state index is 0.000556. The largest absolute Gasteiger partial charge is 0.329 e. The summed E-state index contributed by atoms with van der Waals surface area (Å²) >= 11 is 0. The molecule has 102 valence electrons. The van der Waals surface area contributed by atoms with Crippen molar-refractivity contribution in [3.63, 3.8) is 0 Å². The number of hydrogen-bond donors (Lipinski definition) is 1. The van der Waals surface area contributed by atoms with Crippen LogP contribution in [-0.4, -0.2) is 9.55 Å². The number of aromatic nitrogens is 2. The van der Waals surface area contributed by atoms with Crippen molar-refractivity contribution in [2.75, 3.05) is 0 Å². The lowest BCUT2D eigenvalue weighted by molar-refractivity contribution is 0.840. The number of aryl methyl sites for hydroxylation is 5. The molecule has 2 heterocycles. The lowest BCUT2D eigenvalue weighted by Crippen LogP contribution is -2.18. The molecule has 2 aromatic rings. The monoisotopic (exact) mass is 260 g/mol. The third-order valence-corrected chi connectivity index (χ3v) is 2.73. The van der Waals surface area contributed by atoms with Crippen LogP contribution in [-0.2, 0) is 7.05 Å². The Morgan fingerprint density at radius 2 is 1.53 bits per heavy atom. The van der Waals surface area contributed by atoms with Crippen LogP contribution in [0, 0.1) is 27.7 Å². The standard InChI is InChI=1S/C8H11NO.C7H9NO/c1-6-4-7(2)8(10)9(3)5-6;1-5-3-6(2)7(9)8-4-5/h4-5H,1-3H3;3-4H,1-2H3,(H,8,9). The summed E-state index contributed by atoms with van der Waals surface area (Å²) in [5.74, 6) is 0. The van der Waals surface area contributed by atoms with E-state index in [1.807, 2.05) is 39.1 Å². The van der Waals surface area contributed by atoms with E-state index in [4.69, 9.17) is 0 Å². The molecular weight excluding hydrogens is 240 g/mol. The quantitative estimate of drug-likeness (QED) is 0.787. The smallest absolute Gasteiger partial charge is 0.253 e. The first-order valence-corrected chi connectivity index (χ1v) is 6.11. The van der Waals surface area contributed by atoms with Crippen molar-refractivity contribution in [2.45, 2.75) is 27.7 Å². The summed E-state index contributed by atoms with van der Waals surface area (Å²) in [7, 11) is 1.77. The zero-order chi connectivity index (χ0) is 14.6. The van der Waals surface area contributed by atoms with Gasteiger partial charge in [-0.15, -0.1) is 0 Å². The molecule has 4 nitrogen and oxygen atoms in total. The maximum atomic E-state index is 11.1. The second-order valence-electron chi connectivity index (χ2n) is 4.81. The van der Waals surface area contributed by atoms with Gasteiger partial charge in [-0.3, -0.25) is 9.59 Å². The highest BCUT2D eigenvalue weighted by atomic mass is 16.1. The molecule has 0 aromatic carbocycles. The molecule has 0 saturated carbocycles. The molecule has 0 fully saturated rings. The molecule has 0 aliphatic rings. The van der Waals surface area contributed by atoms with Crippen LogP contribution in [0.3, 0.4) is 0 Å². The zero-order valence-corrected chi connectivity index (χ0v) is 12.1. The molecule has 0 unspecified atom stereocenters. The molecule has 0 radical (unpaired) electrons. The van der Waals surface area contributed by atoms with E-state index in [9.17, 15) is 9.59 Å². The Bertz CT molecular complexity index is 655. The molecule has 0 aliphatic carbocycles. The maximum Gasteiger partial charge on any atom is 0.253 e. The van der Waals surface area contributed by atoms with Gasteiger partial charge in [0.25, 0.3) is 11.1 Å². The fourth-order valence-corrected chi connectivity index (χ4v) is 1.82. The van der Waals surface area contributed by atoms with Crippen LogP contribution in [0.15, 0.2) is 34.1 Å². The number of nitrogens with one attached hydrogen (secondary N) is 1. The lowest BCUT2D eigenvalue weighted by atomic mass is 10.2. The van der Waals surface area contributed by atoms with E-state index < -0.39 is 0 Å². The number of hydrogen-bond acceptors (Lipinski definition) is 2. The van der Waals surface area contributed by atoms with Gasteiger partial charge in [-0.2, -0.15) is 0 Å². The van der Waals surface area contributed by atoms with Crippen LogP contribution in [0.5, 0.6) is 0 Å². The van der Waals surface area contributed by atoms with Gasteiger partial charge in [0.2, 0.25) is 0 Å². The van der Waals surface area contributed by atoms with Gasteiger partial charge in [0.15, 0.2) is 0 Å². The summed E-state index contributed by atoms with van der Waals surface area (Å²) in [6.07, 6.45) is 3.53. The van der Waals surface area contributed by atoms with E-state index >= 15 is 0 Å². The first-order valence-electron chi connectivity index (χ1n) is 6.11. The summed E-state index contributed by atoms with van der Waals surface area (Å²) in [5.41, 5.74) is 3.88. The van der Waals surface area contributed by atoms with Crippen molar-refractivity contribution >= 4 is 0 Å². The second kappa shape index (κ2) is 6.18. The number of aromatic amines is 1. The van der Waals surface area contributed by atoms with Crippen LogP contribution < -0.4 is 11.1 Å². The highest BCUT2D eigenvalue weighted by molar-refractivity contribution is 5.16. The zero-order valence-electron chi connectivity index (χ0n) is 12.1. The van der Waals surface area contributed by atoms with Gasteiger partial charge < -0.3 is 9.55 Å². The molecule has 0 aliphatic heterocycles. The molecular formula is C15H20N2O2. The summed E-state index contributed by atoms with van der Waals surface area (Å²) in [6.45, 7) is 7.55. The van der Waals surface area contributed by atoms with Crippen molar-refractivity contribution in [1.82, 2.24) is 9.55 Å². The minimum Gasteiger partial charge on any atom is -0.329 e. The second-order valence-corrected chi connectivity index (χ2v) is 4.81. The number of rotatable bonds is 0. The molecule has 2 rings (SSSR count). The lowest BCUT2D eigenvalue weighted by Gasteiger charge is -1.99. The van der Waals surface area contributed by atoms with E-state index in [-0.39, 0.29) is 11.1 Å². The first kappa shape index (κ1) is 15.0. The van der Waals surface area contributed by atoms with E-state index in [2.05, 4.69) is 4.98 Å². The van der Waals surface area contributed by atoms with Gasteiger partial charge in [-0.25, -0.2) is 0 Å². The number of nitrogens with zero attached hydrogens (tertiary/aromatic N) is 1. The van der Waals surface area contributed by atoms with E-state index in [1.165, 1.54) is 0 Å². The molecule has 1 N–H and O–H groups in total. The average molecular weight is 260 g/mol. The van der Waals surface area contributed by atoms with Gasteiger partial charge in [0.05, 0.1) is 0 Å². The van der Waals surface area contributed by atoms with Gasteiger partial charge in [0, 0.05) is 30.6 Å². The van der Waals surface area contributed by atoms with E-state index in [1.54, 1.807) is 24.7 Å². The first-order chi connectivity index (χ1) is 8.81. The van der Waals surface area contributed by atoms with Gasteiger partial charge in [-0.05, 0) is 51.0 Å². The van der Waals surface area contributed by atoms with E-state index in [0.29, 0.717) is 0 Å². The normalized spacial score (nSPS) is 9.74. The molecule has 0 amide bonds. The Labute approximate surface area is 112 Å². The van der Waals surface area contributed by atoms with Crippen LogP contribution in [0.4, 0.5) is 0 Å². The maximum absolute atomic E-state index is 11.1. The fourth-order valence-electron chi connectivity index (χ4n) is 1.82. The number of H-pyrrole nitrogens is 1. The Morgan fingerprint density at radius 1 is 0.947 bits per heavy atom. The molecule has 0 atom stereocenters. The molecule has 0 spiro atoms. The number of pyridine rings is 2. The molecule has 19 heavy (non-hydrogen) atoms. The molecule has 0 bridgehead atoms. The summed E-state index contributed by atoms with van der Waals surface area (Å²) < 4.78 is 1.60. The molecule has 2 aromatic heterocycles. The highest BCUT2D eigenvalue weighted by Gasteiger charge is 1.94. The third-order valence-electron chi connectivity index (χ3n) is 2.73. The Morgan fingerprint density at radius 3 is 2.00 bits per heavy atom. The van der Waals surface area contributed by atoms with Crippen molar-refractivity contribution in [3.8, 4) is 0 Å². The topological polar surface area (TPSA) is 54.9 Å². The van der Waals surface area contributed by atoms with Crippen LogP contribution in [0.2, 0.25) is 0 Å². The minimum atomic E-state index is 0.000556. The fraction of sp³-hybridized carbons (Fsp3) is 0.333. The predicted octanol–water partition coefficient (Wildman–Crippen LogP) is 1.99. The molecule has 0 saturated heterocycles. The molecule has 4 heteroatoms. The predicted molar refractivity (Wildman–Crippen MR) is 77.7 cm³/mol. The third kappa shape index (κ3) is 4.25.